The van der Waals surface area contributed by atoms with Gasteiger partial charge in [0.15, 0.2) is 0 Å². The second kappa shape index (κ2) is 6.97. The number of halogens is 1. The van der Waals surface area contributed by atoms with Gasteiger partial charge in [-0.25, -0.2) is 17.8 Å². The molecule has 0 aliphatic carbocycles. The van der Waals surface area contributed by atoms with Gasteiger partial charge in [0.1, 0.15) is 11.6 Å². The number of pyridine rings is 1. The van der Waals surface area contributed by atoms with Crippen LogP contribution in [0.3, 0.4) is 0 Å². The Balaban J connectivity index is 1.73. The molecule has 134 valence electrons. The highest BCUT2D eigenvalue weighted by molar-refractivity contribution is 7.92. The number of aryl methyl sites for hydroxylation is 1. The summed E-state index contributed by atoms with van der Waals surface area (Å²) in [7, 11) is -1.71. The standard InChI is InChI=1S/C17H21FN4O2S/c1-13-11-15(4-5-16(13)18)25(23,24)20-17-6-3-14(12-19-17)22-9-7-21(2)8-10-22/h3-6,11-12H,7-10H2,1-2H3,(H,19,20). The normalized spacial score (nSPS) is 16.0. The van der Waals surface area contributed by atoms with Gasteiger partial charge in [-0.15, -0.1) is 0 Å². The van der Waals surface area contributed by atoms with E-state index in [1.165, 1.54) is 19.1 Å². The van der Waals surface area contributed by atoms with Gasteiger partial charge in [-0.2, -0.15) is 0 Å². The summed E-state index contributed by atoms with van der Waals surface area (Å²) in [5, 5.41) is 0. The third-order valence-electron chi connectivity index (χ3n) is 4.29. The van der Waals surface area contributed by atoms with E-state index >= 15 is 0 Å². The molecule has 0 bridgehead atoms. The molecule has 1 saturated heterocycles. The number of rotatable bonds is 4. The highest BCUT2D eigenvalue weighted by Crippen LogP contribution is 2.20. The molecule has 0 amide bonds. The second-order valence-corrected chi connectivity index (χ2v) is 7.89. The first-order valence-corrected chi connectivity index (χ1v) is 9.52. The summed E-state index contributed by atoms with van der Waals surface area (Å²) in [6, 6.07) is 7.18. The predicted molar refractivity (Wildman–Crippen MR) is 95.9 cm³/mol. The molecular weight excluding hydrogens is 343 g/mol. The van der Waals surface area contributed by atoms with Crippen LogP contribution in [-0.4, -0.2) is 51.5 Å². The average Bonchev–Trinajstić information content (AvgIpc) is 2.58. The van der Waals surface area contributed by atoms with Crippen molar-refractivity contribution in [2.45, 2.75) is 11.8 Å². The van der Waals surface area contributed by atoms with Crippen molar-refractivity contribution in [3.63, 3.8) is 0 Å². The van der Waals surface area contributed by atoms with Crippen LogP contribution in [0.2, 0.25) is 0 Å². The summed E-state index contributed by atoms with van der Waals surface area (Å²) in [6.07, 6.45) is 1.67. The van der Waals surface area contributed by atoms with Crippen molar-refractivity contribution >= 4 is 21.5 Å². The number of benzene rings is 1. The SMILES string of the molecule is Cc1cc(S(=O)(=O)Nc2ccc(N3CCN(C)CC3)cn2)ccc1F. The van der Waals surface area contributed by atoms with Crippen molar-refractivity contribution in [1.29, 1.82) is 0 Å². The van der Waals surface area contributed by atoms with E-state index < -0.39 is 15.8 Å². The lowest BCUT2D eigenvalue weighted by Gasteiger charge is -2.33. The predicted octanol–water partition coefficient (Wildman–Crippen LogP) is 2.08. The van der Waals surface area contributed by atoms with Gasteiger partial charge in [0.25, 0.3) is 10.0 Å². The van der Waals surface area contributed by atoms with Crippen LogP contribution in [0.4, 0.5) is 15.9 Å². The van der Waals surface area contributed by atoms with Crippen LogP contribution in [0.15, 0.2) is 41.4 Å². The zero-order valence-corrected chi connectivity index (χ0v) is 15.1. The molecule has 0 radical (unpaired) electrons. The fraction of sp³-hybridized carbons (Fsp3) is 0.353. The molecule has 1 aromatic carbocycles. The molecule has 25 heavy (non-hydrogen) atoms. The zero-order valence-electron chi connectivity index (χ0n) is 14.2. The summed E-state index contributed by atoms with van der Waals surface area (Å²) < 4.78 is 40.6. The summed E-state index contributed by atoms with van der Waals surface area (Å²) in [4.78, 5) is 8.69. The topological polar surface area (TPSA) is 65.5 Å². The van der Waals surface area contributed by atoms with E-state index in [1.54, 1.807) is 12.3 Å². The maximum atomic E-state index is 13.3. The van der Waals surface area contributed by atoms with Gasteiger partial charge in [0, 0.05) is 26.2 Å². The fourth-order valence-electron chi connectivity index (χ4n) is 2.68. The first kappa shape index (κ1) is 17.6. The van der Waals surface area contributed by atoms with Gasteiger partial charge >= 0.3 is 0 Å². The highest BCUT2D eigenvalue weighted by atomic mass is 32.2. The fourth-order valence-corrected chi connectivity index (χ4v) is 3.77. The van der Waals surface area contributed by atoms with E-state index in [0.29, 0.717) is 0 Å². The molecule has 6 nitrogen and oxygen atoms in total. The number of piperazine rings is 1. The number of nitrogens with zero attached hydrogens (tertiary/aromatic N) is 3. The molecule has 0 unspecified atom stereocenters. The van der Waals surface area contributed by atoms with Crippen LogP contribution in [0.25, 0.3) is 0 Å². The molecule has 1 N–H and O–H groups in total. The van der Waals surface area contributed by atoms with Gasteiger partial charge in [0.05, 0.1) is 16.8 Å². The van der Waals surface area contributed by atoms with Crippen molar-refractivity contribution < 1.29 is 12.8 Å². The smallest absolute Gasteiger partial charge is 0.263 e. The van der Waals surface area contributed by atoms with Gasteiger partial charge in [-0.1, -0.05) is 0 Å². The van der Waals surface area contributed by atoms with Gasteiger partial charge in [-0.3, -0.25) is 4.72 Å². The zero-order chi connectivity index (χ0) is 18.0. The largest absolute Gasteiger partial charge is 0.368 e. The number of hydrogen-bond donors (Lipinski definition) is 1. The molecule has 2 heterocycles. The molecule has 1 aliphatic heterocycles. The quantitative estimate of drug-likeness (QED) is 0.900. The molecule has 0 spiro atoms. The van der Waals surface area contributed by atoms with Crippen molar-refractivity contribution in [2.24, 2.45) is 0 Å². The molecule has 1 aliphatic rings. The monoisotopic (exact) mass is 364 g/mol. The molecule has 8 heteroatoms. The Bertz CT molecular complexity index is 847. The van der Waals surface area contributed by atoms with Crippen LogP contribution in [-0.2, 0) is 10.0 Å². The minimum atomic E-state index is -3.80. The van der Waals surface area contributed by atoms with Gasteiger partial charge < -0.3 is 9.80 Å². The van der Waals surface area contributed by atoms with Crippen molar-refractivity contribution in [2.75, 3.05) is 42.8 Å². The van der Waals surface area contributed by atoms with E-state index in [-0.39, 0.29) is 16.3 Å². The second-order valence-electron chi connectivity index (χ2n) is 6.21. The number of likely N-dealkylation sites (N-methyl/N-ethyl adjacent to an activating group) is 1. The van der Waals surface area contributed by atoms with Crippen molar-refractivity contribution in [1.82, 2.24) is 9.88 Å². The molecular formula is C17H21FN4O2S. The maximum Gasteiger partial charge on any atom is 0.263 e. The third-order valence-corrected chi connectivity index (χ3v) is 5.65. The summed E-state index contributed by atoms with van der Waals surface area (Å²) in [6.45, 7) is 5.32. The molecule has 1 fully saturated rings. The molecule has 3 rings (SSSR count). The number of sulfonamides is 1. The van der Waals surface area contributed by atoms with Gasteiger partial charge in [0.2, 0.25) is 0 Å². The maximum absolute atomic E-state index is 13.3. The lowest BCUT2D eigenvalue weighted by atomic mass is 10.2. The molecule has 1 aromatic heterocycles. The van der Waals surface area contributed by atoms with Crippen LogP contribution in [0.5, 0.6) is 0 Å². The summed E-state index contributed by atoms with van der Waals surface area (Å²) in [5.41, 5.74) is 1.25. The number of nitrogens with one attached hydrogen (secondary N) is 1. The number of anilines is 2. The van der Waals surface area contributed by atoms with Crippen LogP contribution in [0.1, 0.15) is 5.56 Å². The first-order valence-electron chi connectivity index (χ1n) is 8.04. The Morgan fingerprint density at radius 1 is 1.12 bits per heavy atom. The van der Waals surface area contributed by atoms with E-state index in [9.17, 15) is 12.8 Å². The van der Waals surface area contributed by atoms with E-state index in [1.807, 2.05) is 6.07 Å². The van der Waals surface area contributed by atoms with Crippen molar-refractivity contribution in [3.05, 3.63) is 47.9 Å². The minimum absolute atomic E-state index is 0.0105. The Labute approximate surface area is 147 Å². The number of hydrogen-bond acceptors (Lipinski definition) is 5. The minimum Gasteiger partial charge on any atom is -0.368 e. The van der Waals surface area contributed by atoms with E-state index in [4.69, 9.17) is 0 Å². The molecule has 2 aromatic rings. The van der Waals surface area contributed by atoms with Crippen LogP contribution < -0.4 is 9.62 Å². The lowest BCUT2D eigenvalue weighted by Crippen LogP contribution is -2.44. The molecule has 0 atom stereocenters. The molecule has 0 saturated carbocycles. The number of aromatic nitrogens is 1. The Morgan fingerprint density at radius 2 is 1.84 bits per heavy atom. The summed E-state index contributed by atoms with van der Waals surface area (Å²) >= 11 is 0. The Hall–Kier alpha value is -2.19. The highest BCUT2D eigenvalue weighted by Gasteiger charge is 2.17. The van der Waals surface area contributed by atoms with Gasteiger partial charge in [-0.05, 0) is 49.9 Å². The van der Waals surface area contributed by atoms with E-state index in [2.05, 4.69) is 26.6 Å². The average molecular weight is 364 g/mol. The van der Waals surface area contributed by atoms with Crippen LogP contribution >= 0.6 is 0 Å². The lowest BCUT2D eigenvalue weighted by molar-refractivity contribution is 0.313. The van der Waals surface area contributed by atoms with Crippen molar-refractivity contribution in [3.8, 4) is 0 Å². The Morgan fingerprint density at radius 3 is 2.44 bits per heavy atom. The third kappa shape index (κ3) is 4.08. The summed E-state index contributed by atoms with van der Waals surface area (Å²) in [5.74, 6) is -0.201. The van der Waals surface area contributed by atoms with E-state index in [0.717, 1.165) is 37.9 Å². The Kier molecular flexibility index (Phi) is 4.91. The van der Waals surface area contributed by atoms with Crippen LogP contribution in [0, 0.1) is 12.7 Å². The first-order chi connectivity index (χ1) is 11.8.